The lowest BCUT2D eigenvalue weighted by atomic mass is 9.95. The first-order valence-corrected chi connectivity index (χ1v) is 10.1. The maximum absolute atomic E-state index is 4.63. The molecule has 0 unspecified atom stereocenters. The van der Waals surface area contributed by atoms with Crippen molar-refractivity contribution in [2.24, 2.45) is 0 Å². The summed E-state index contributed by atoms with van der Waals surface area (Å²) in [5.41, 5.74) is 2.34. The average molecular weight is 351 g/mol. The molecule has 1 aromatic heterocycles. The monoisotopic (exact) mass is 351 g/mol. The van der Waals surface area contributed by atoms with E-state index in [1.807, 2.05) is 12.3 Å². The Morgan fingerprint density at radius 3 is 2.35 bits per heavy atom. The van der Waals surface area contributed by atoms with Gasteiger partial charge in [0.25, 0.3) is 0 Å². The molecular formula is C21H29N5. The lowest BCUT2D eigenvalue weighted by Crippen LogP contribution is -2.29. The molecule has 0 atom stereocenters. The predicted octanol–water partition coefficient (Wildman–Crippen LogP) is 4.96. The molecule has 1 aliphatic carbocycles. The molecule has 1 aliphatic heterocycles. The van der Waals surface area contributed by atoms with Crippen molar-refractivity contribution >= 4 is 23.1 Å². The first kappa shape index (κ1) is 17.1. The molecular weight excluding hydrogens is 322 g/mol. The summed E-state index contributed by atoms with van der Waals surface area (Å²) in [6.07, 6.45) is 12.3. The Morgan fingerprint density at radius 2 is 1.58 bits per heavy atom. The van der Waals surface area contributed by atoms with Gasteiger partial charge in [0.15, 0.2) is 0 Å². The summed E-state index contributed by atoms with van der Waals surface area (Å²) in [5.74, 6) is 1.57. The molecule has 2 aromatic rings. The van der Waals surface area contributed by atoms with Gasteiger partial charge in [-0.2, -0.15) is 4.98 Å². The Balaban J connectivity index is 1.38. The topological polar surface area (TPSA) is 53.1 Å². The van der Waals surface area contributed by atoms with Crippen molar-refractivity contribution in [3.8, 4) is 0 Å². The second-order valence-corrected chi connectivity index (χ2v) is 7.46. The number of piperidine rings is 1. The number of hydrogen-bond acceptors (Lipinski definition) is 5. The highest BCUT2D eigenvalue weighted by Crippen LogP contribution is 2.24. The van der Waals surface area contributed by atoms with Crippen molar-refractivity contribution in [2.75, 3.05) is 28.6 Å². The predicted molar refractivity (Wildman–Crippen MR) is 108 cm³/mol. The zero-order valence-electron chi connectivity index (χ0n) is 15.5. The number of benzene rings is 1. The maximum Gasteiger partial charge on any atom is 0.229 e. The highest BCUT2D eigenvalue weighted by molar-refractivity contribution is 5.60. The van der Waals surface area contributed by atoms with E-state index in [9.17, 15) is 0 Å². The van der Waals surface area contributed by atoms with Gasteiger partial charge >= 0.3 is 0 Å². The maximum atomic E-state index is 4.63. The van der Waals surface area contributed by atoms with Gasteiger partial charge in [-0.1, -0.05) is 19.3 Å². The quantitative estimate of drug-likeness (QED) is 0.798. The molecule has 5 heteroatoms. The number of nitrogens with zero attached hydrogens (tertiary/aromatic N) is 3. The van der Waals surface area contributed by atoms with Crippen LogP contribution in [0.4, 0.5) is 23.1 Å². The van der Waals surface area contributed by atoms with Crippen LogP contribution in [0.3, 0.4) is 0 Å². The lowest BCUT2D eigenvalue weighted by Gasteiger charge is -2.28. The van der Waals surface area contributed by atoms with Crippen molar-refractivity contribution in [2.45, 2.75) is 57.4 Å². The zero-order valence-corrected chi connectivity index (χ0v) is 15.5. The minimum atomic E-state index is 0.551. The van der Waals surface area contributed by atoms with Gasteiger partial charge in [0.2, 0.25) is 5.95 Å². The van der Waals surface area contributed by atoms with Gasteiger partial charge in [0.05, 0.1) is 0 Å². The van der Waals surface area contributed by atoms with E-state index in [0.717, 1.165) is 11.5 Å². The molecule has 2 fully saturated rings. The lowest BCUT2D eigenvalue weighted by molar-refractivity contribution is 0.462. The fourth-order valence-electron chi connectivity index (χ4n) is 3.99. The molecule has 1 saturated carbocycles. The molecule has 4 rings (SSSR count). The first-order valence-electron chi connectivity index (χ1n) is 10.1. The van der Waals surface area contributed by atoms with Crippen molar-refractivity contribution in [1.29, 1.82) is 0 Å². The highest BCUT2D eigenvalue weighted by Gasteiger charge is 2.14. The standard InChI is InChI=1S/C21H29N5/c1-3-7-17(8-4-1)23-20-13-14-22-21(25-20)24-18-9-11-19(12-10-18)26-15-5-2-6-16-26/h9-14,17H,1-8,15-16H2,(H2,22,23,24,25). The van der Waals surface area contributed by atoms with Gasteiger partial charge in [-0.25, -0.2) is 4.98 Å². The highest BCUT2D eigenvalue weighted by atomic mass is 15.2. The first-order chi connectivity index (χ1) is 12.9. The van der Waals surface area contributed by atoms with E-state index in [-0.39, 0.29) is 0 Å². The van der Waals surface area contributed by atoms with Gasteiger partial charge in [-0.15, -0.1) is 0 Å². The number of nitrogens with one attached hydrogen (secondary N) is 2. The fourth-order valence-corrected chi connectivity index (χ4v) is 3.99. The third-order valence-electron chi connectivity index (χ3n) is 5.46. The van der Waals surface area contributed by atoms with Crippen LogP contribution in [0, 0.1) is 0 Å². The van der Waals surface area contributed by atoms with Gasteiger partial charge in [0.1, 0.15) is 5.82 Å². The van der Waals surface area contributed by atoms with E-state index >= 15 is 0 Å². The summed E-state index contributed by atoms with van der Waals surface area (Å²) in [6.45, 7) is 2.34. The van der Waals surface area contributed by atoms with Crippen molar-refractivity contribution in [1.82, 2.24) is 9.97 Å². The largest absolute Gasteiger partial charge is 0.372 e. The van der Waals surface area contributed by atoms with Crippen molar-refractivity contribution in [3.05, 3.63) is 36.5 Å². The van der Waals surface area contributed by atoms with Crippen LogP contribution in [0.15, 0.2) is 36.5 Å². The Labute approximate surface area is 156 Å². The summed E-state index contributed by atoms with van der Waals surface area (Å²) in [4.78, 5) is 11.5. The molecule has 2 aliphatic rings. The van der Waals surface area contributed by atoms with E-state index in [2.05, 4.69) is 49.8 Å². The van der Waals surface area contributed by atoms with Crippen LogP contribution in [0.5, 0.6) is 0 Å². The smallest absolute Gasteiger partial charge is 0.229 e. The van der Waals surface area contributed by atoms with Crippen LogP contribution >= 0.6 is 0 Å². The van der Waals surface area contributed by atoms with E-state index in [4.69, 9.17) is 0 Å². The molecule has 26 heavy (non-hydrogen) atoms. The number of anilines is 4. The Bertz CT molecular complexity index is 688. The van der Waals surface area contributed by atoms with Gasteiger partial charge in [0, 0.05) is 36.7 Å². The Kier molecular flexibility index (Phi) is 5.53. The average Bonchev–Trinajstić information content (AvgIpc) is 2.70. The van der Waals surface area contributed by atoms with Crippen LogP contribution in [0.1, 0.15) is 51.4 Å². The van der Waals surface area contributed by atoms with E-state index in [0.29, 0.717) is 12.0 Å². The molecule has 0 radical (unpaired) electrons. The molecule has 1 saturated heterocycles. The third-order valence-corrected chi connectivity index (χ3v) is 5.46. The third kappa shape index (κ3) is 4.45. The number of rotatable bonds is 5. The van der Waals surface area contributed by atoms with Crippen LogP contribution in [0.2, 0.25) is 0 Å². The summed E-state index contributed by atoms with van der Waals surface area (Å²) in [7, 11) is 0. The molecule has 1 aromatic carbocycles. The van der Waals surface area contributed by atoms with Gasteiger partial charge in [-0.05, 0) is 62.4 Å². The summed E-state index contributed by atoms with van der Waals surface area (Å²) in [6, 6.07) is 11.1. The molecule has 2 heterocycles. The van der Waals surface area contributed by atoms with Gasteiger partial charge < -0.3 is 15.5 Å². The van der Waals surface area contributed by atoms with Crippen molar-refractivity contribution in [3.63, 3.8) is 0 Å². The van der Waals surface area contributed by atoms with E-state index in [1.54, 1.807) is 0 Å². The van der Waals surface area contributed by atoms with Crippen molar-refractivity contribution < 1.29 is 0 Å². The second kappa shape index (κ2) is 8.39. The zero-order chi connectivity index (χ0) is 17.6. The summed E-state index contributed by atoms with van der Waals surface area (Å²) < 4.78 is 0. The minimum absolute atomic E-state index is 0.551. The molecule has 138 valence electrons. The fraction of sp³-hybridized carbons (Fsp3) is 0.524. The van der Waals surface area contributed by atoms with Gasteiger partial charge in [-0.3, -0.25) is 0 Å². The van der Waals surface area contributed by atoms with Crippen LogP contribution < -0.4 is 15.5 Å². The molecule has 0 spiro atoms. The molecule has 0 bridgehead atoms. The number of aromatic nitrogens is 2. The Hall–Kier alpha value is -2.30. The van der Waals surface area contributed by atoms with E-state index < -0.39 is 0 Å². The SMILES string of the molecule is c1cc(NC2CCCCC2)nc(Nc2ccc(N3CCCCC3)cc2)n1. The van der Waals surface area contributed by atoms with Crippen LogP contribution in [-0.2, 0) is 0 Å². The van der Waals surface area contributed by atoms with Crippen LogP contribution in [-0.4, -0.2) is 29.1 Å². The molecule has 5 nitrogen and oxygen atoms in total. The number of hydrogen-bond donors (Lipinski definition) is 2. The summed E-state index contributed by atoms with van der Waals surface area (Å²) >= 11 is 0. The van der Waals surface area contributed by atoms with Crippen LogP contribution in [0.25, 0.3) is 0 Å². The Morgan fingerprint density at radius 1 is 0.846 bits per heavy atom. The second-order valence-electron chi connectivity index (χ2n) is 7.46. The normalized spacial score (nSPS) is 18.5. The molecule has 2 N–H and O–H groups in total. The molecule has 0 amide bonds. The van der Waals surface area contributed by atoms with E-state index in [1.165, 1.54) is 70.1 Å². The minimum Gasteiger partial charge on any atom is -0.372 e. The summed E-state index contributed by atoms with van der Waals surface area (Å²) in [5, 5.41) is 6.89.